The molecule has 2 amide bonds. The number of hydrogen-bond acceptors (Lipinski definition) is 9. The van der Waals surface area contributed by atoms with Gasteiger partial charge in [-0.3, -0.25) is 14.6 Å². The van der Waals surface area contributed by atoms with Crippen molar-refractivity contribution in [1.29, 1.82) is 0 Å². The first-order valence-electron chi connectivity index (χ1n) is 10.00. The number of amides is 2. The van der Waals surface area contributed by atoms with Gasteiger partial charge < -0.3 is 35.4 Å². The Hall–Kier alpha value is -1.92. The molecule has 10 nitrogen and oxygen atoms in total. The fraction of sp³-hybridized carbons (Fsp3) is 0.650. The summed E-state index contributed by atoms with van der Waals surface area (Å²) < 4.78 is 11.5. The summed E-state index contributed by atoms with van der Waals surface area (Å²) in [5, 5.41) is 35.2. The summed E-state index contributed by atoms with van der Waals surface area (Å²) in [6, 6.07) is -1.03. The van der Waals surface area contributed by atoms with E-state index in [4.69, 9.17) is 9.47 Å². The first-order valence-corrected chi connectivity index (χ1v) is 10.9. The van der Waals surface area contributed by atoms with Crippen molar-refractivity contribution in [3.63, 3.8) is 0 Å². The molecule has 2 aliphatic heterocycles. The molecule has 0 radical (unpaired) electrons. The third-order valence-electron chi connectivity index (χ3n) is 5.01. The van der Waals surface area contributed by atoms with Crippen molar-refractivity contribution in [3.05, 3.63) is 24.0 Å². The predicted molar refractivity (Wildman–Crippen MR) is 114 cm³/mol. The first kappa shape index (κ1) is 23.7. The third kappa shape index (κ3) is 5.47. The molecule has 7 atom stereocenters. The molecule has 5 unspecified atom stereocenters. The van der Waals surface area contributed by atoms with Crippen LogP contribution in [0.25, 0.3) is 0 Å². The molecular formula is C20H29N3O7S. The smallest absolute Gasteiger partial charge is 0.227 e. The van der Waals surface area contributed by atoms with Crippen LogP contribution in [0.4, 0.5) is 0 Å². The molecule has 172 valence electrons. The lowest BCUT2D eigenvalue weighted by molar-refractivity contribution is -0.258. The average molecular weight is 456 g/mol. The number of aliphatic imine (C=N–C) groups is 1. The summed E-state index contributed by atoms with van der Waals surface area (Å²) in [6.45, 7) is 6.24. The van der Waals surface area contributed by atoms with E-state index >= 15 is 0 Å². The van der Waals surface area contributed by atoms with E-state index in [1.165, 1.54) is 18.7 Å². The summed E-state index contributed by atoms with van der Waals surface area (Å²) in [7, 11) is 0. The molecule has 0 aromatic heterocycles. The lowest BCUT2D eigenvalue weighted by Gasteiger charge is -2.42. The molecule has 0 saturated carbocycles. The number of fused-ring (bicyclic) bond motifs is 1. The van der Waals surface area contributed by atoms with Gasteiger partial charge in [0.1, 0.15) is 30.1 Å². The van der Waals surface area contributed by atoms with Gasteiger partial charge >= 0.3 is 0 Å². The van der Waals surface area contributed by atoms with Crippen LogP contribution >= 0.6 is 11.8 Å². The Morgan fingerprint density at radius 3 is 2.55 bits per heavy atom. The number of carbonyl (C=O) groups excluding carboxylic acids is 2. The Kier molecular flexibility index (Phi) is 7.11. The van der Waals surface area contributed by atoms with Gasteiger partial charge in [-0.2, -0.15) is 0 Å². The van der Waals surface area contributed by atoms with Gasteiger partial charge in [-0.15, -0.1) is 0 Å². The normalized spacial score (nSPS) is 35.0. The number of aliphatic hydroxyl groups is 3. The minimum atomic E-state index is -1.39. The van der Waals surface area contributed by atoms with Crippen molar-refractivity contribution >= 4 is 29.3 Å². The van der Waals surface area contributed by atoms with Crippen molar-refractivity contribution in [1.82, 2.24) is 10.6 Å². The van der Waals surface area contributed by atoms with Crippen LogP contribution in [0.15, 0.2) is 29.0 Å². The van der Waals surface area contributed by atoms with E-state index in [1.54, 1.807) is 18.2 Å². The standard InChI is InChI=1S/C20H29N3O7S/c1-9(25)21-14-16(27)15(26)12(8-24)30-17(14)29-10-5-6-11-13(7-10)31-19(22-11)23-18(28)20(2,3)4/h5-7,12-17,19,24,26-27H,8H2,1-4H3,(H,21,25)(H,23,28)/t12?,13?,14?,15-,16?,17-,19?/m1/s1. The molecule has 0 bridgehead atoms. The van der Waals surface area contributed by atoms with Gasteiger partial charge in [-0.05, 0) is 18.2 Å². The number of hydrogen-bond donors (Lipinski definition) is 5. The first-order chi connectivity index (χ1) is 14.5. The zero-order valence-electron chi connectivity index (χ0n) is 17.8. The van der Waals surface area contributed by atoms with Gasteiger partial charge in [0.05, 0.1) is 17.6 Å². The van der Waals surface area contributed by atoms with Crippen LogP contribution in [-0.4, -0.2) is 80.8 Å². The van der Waals surface area contributed by atoms with Crippen LogP contribution in [0.2, 0.25) is 0 Å². The minimum absolute atomic E-state index is 0.103. The second-order valence-electron chi connectivity index (χ2n) is 8.64. The highest BCUT2D eigenvalue weighted by Gasteiger charge is 2.46. The van der Waals surface area contributed by atoms with Crippen molar-refractivity contribution in [2.24, 2.45) is 10.4 Å². The summed E-state index contributed by atoms with van der Waals surface area (Å²) in [4.78, 5) is 28.3. The molecule has 0 spiro atoms. The SMILES string of the molecule is CC(=O)NC1C(O)[C@H](O)C(CO)O[C@H]1OC1=CC2SC(NC(=O)C(C)(C)C)N=C2C=C1. The second-order valence-corrected chi connectivity index (χ2v) is 9.87. The van der Waals surface area contributed by atoms with E-state index in [1.807, 2.05) is 20.8 Å². The molecule has 1 aliphatic carbocycles. The Balaban J connectivity index is 1.69. The zero-order chi connectivity index (χ0) is 22.9. The molecule has 0 aromatic carbocycles. The van der Waals surface area contributed by atoms with Crippen molar-refractivity contribution in [3.8, 4) is 0 Å². The van der Waals surface area contributed by atoms with Crippen LogP contribution in [0, 0.1) is 5.41 Å². The molecule has 1 saturated heterocycles. The fourth-order valence-corrected chi connectivity index (χ4v) is 4.39. The number of allylic oxidation sites excluding steroid dienone is 2. The maximum Gasteiger partial charge on any atom is 0.227 e. The van der Waals surface area contributed by atoms with Crippen LogP contribution in [0.1, 0.15) is 27.7 Å². The van der Waals surface area contributed by atoms with Gasteiger partial charge in [-0.25, -0.2) is 0 Å². The Morgan fingerprint density at radius 2 is 1.94 bits per heavy atom. The maximum atomic E-state index is 12.2. The monoisotopic (exact) mass is 455 g/mol. The van der Waals surface area contributed by atoms with Gasteiger partial charge in [0, 0.05) is 12.3 Å². The highest BCUT2D eigenvalue weighted by Crippen LogP contribution is 2.33. The van der Waals surface area contributed by atoms with E-state index < -0.39 is 54.1 Å². The van der Waals surface area contributed by atoms with E-state index in [0.29, 0.717) is 5.76 Å². The van der Waals surface area contributed by atoms with Gasteiger partial charge in [0.25, 0.3) is 0 Å². The molecule has 0 aromatic rings. The molecule has 1 fully saturated rings. The number of aliphatic hydroxyl groups excluding tert-OH is 3. The molecule has 11 heteroatoms. The number of ether oxygens (including phenoxy) is 2. The Morgan fingerprint density at radius 1 is 1.23 bits per heavy atom. The van der Waals surface area contributed by atoms with E-state index in [2.05, 4.69) is 15.6 Å². The van der Waals surface area contributed by atoms with Crippen LogP contribution < -0.4 is 10.6 Å². The van der Waals surface area contributed by atoms with Crippen LogP contribution in [0.5, 0.6) is 0 Å². The number of rotatable bonds is 5. The number of nitrogens with one attached hydrogen (secondary N) is 2. The summed E-state index contributed by atoms with van der Waals surface area (Å²) in [5.41, 5.74) is -0.163. The second kappa shape index (κ2) is 9.29. The average Bonchev–Trinajstić information content (AvgIpc) is 3.08. The molecule has 2 heterocycles. The Bertz CT molecular complexity index is 807. The molecule has 3 aliphatic rings. The molecule has 31 heavy (non-hydrogen) atoms. The quantitative estimate of drug-likeness (QED) is 0.369. The lowest BCUT2D eigenvalue weighted by Crippen LogP contribution is -2.64. The molecule has 3 rings (SSSR count). The van der Waals surface area contributed by atoms with Crippen molar-refractivity contribution in [2.75, 3.05) is 6.61 Å². The number of nitrogens with zero attached hydrogens (tertiary/aromatic N) is 1. The topological polar surface area (TPSA) is 150 Å². The highest BCUT2D eigenvalue weighted by atomic mass is 32.2. The van der Waals surface area contributed by atoms with Gasteiger partial charge in [-0.1, -0.05) is 32.5 Å². The lowest BCUT2D eigenvalue weighted by atomic mass is 9.96. The Labute approximate surface area is 184 Å². The van der Waals surface area contributed by atoms with Gasteiger partial charge in [0.15, 0.2) is 5.50 Å². The zero-order valence-corrected chi connectivity index (χ0v) is 18.6. The largest absolute Gasteiger partial charge is 0.463 e. The molecular weight excluding hydrogens is 426 g/mol. The van der Waals surface area contributed by atoms with Crippen molar-refractivity contribution < 1.29 is 34.4 Å². The third-order valence-corrected chi connectivity index (χ3v) is 6.16. The summed E-state index contributed by atoms with van der Waals surface area (Å²) in [5.74, 6) is -0.115. The maximum absolute atomic E-state index is 12.2. The van der Waals surface area contributed by atoms with Crippen molar-refractivity contribution in [2.45, 2.75) is 69.1 Å². The number of carbonyl (C=O) groups is 2. The van der Waals surface area contributed by atoms with Gasteiger partial charge in [0.2, 0.25) is 18.1 Å². The highest BCUT2D eigenvalue weighted by molar-refractivity contribution is 8.01. The summed E-state index contributed by atoms with van der Waals surface area (Å²) in [6.07, 6.45) is 0.276. The minimum Gasteiger partial charge on any atom is -0.463 e. The molecule has 5 N–H and O–H groups in total. The van der Waals surface area contributed by atoms with E-state index in [-0.39, 0.29) is 11.2 Å². The predicted octanol–water partition coefficient (Wildman–Crippen LogP) is -0.597. The summed E-state index contributed by atoms with van der Waals surface area (Å²) >= 11 is 1.44. The number of thioether (sulfide) groups is 1. The van der Waals surface area contributed by atoms with E-state index in [0.717, 1.165) is 5.71 Å². The van der Waals surface area contributed by atoms with E-state index in [9.17, 15) is 24.9 Å². The van der Waals surface area contributed by atoms with Crippen LogP contribution in [0.3, 0.4) is 0 Å². The van der Waals surface area contributed by atoms with Crippen LogP contribution in [-0.2, 0) is 19.1 Å². The fourth-order valence-electron chi connectivity index (χ4n) is 3.26.